The maximum Gasteiger partial charge on any atom is 0.451 e. The normalized spacial score (nSPS) is 12.7. The number of halogens is 11. The molecule has 0 aliphatic rings. The first kappa shape index (κ1) is 27.6. The number of hydrogen-bond donors (Lipinski definition) is 1. The lowest BCUT2D eigenvalue weighted by Crippen LogP contribution is -2.18. The fraction of sp³-hybridized carbons (Fsp3) is 0.368. The van der Waals surface area contributed by atoms with Crippen LogP contribution in [-0.2, 0) is 18.5 Å². The Morgan fingerprint density at radius 3 is 2.00 bits per heavy atom. The molecule has 3 aromatic rings. The van der Waals surface area contributed by atoms with Crippen molar-refractivity contribution in [2.45, 2.75) is 37.8 Å². The van der Waals surface area contributed by atoms with Crippen LogP contribution in [0.3, 0.4) is 0 Å². The van der Waals surface area contributed by atoms with Crippen molar-refractivity contribution < 1.29 is 39.5 Å². The van der Waals surface area contributed by atoms with Crippen LogP contribution in [0.2, 0.25) is 10.0 Å². The number of rotatable bonds is 6. The van der Waals surface area contributed by atoms with E-state index in [9.17, 15) is 39.5 Å². The summed E-state index contributed by atoms with van der Waals surface area (Å²) in [5, 5.41) is 12.4. The maximum absolute atomic E-state index is 13.8. The lowest BCUT2D eigenvalue weighted by atomic mass is 10.2. The number of fused-ring (bicyclic) bond motifs is 1. The van der Waals surface area contributed by atoms with Crippen molar-refractivity contribution in [3.05, 3.63) is 39.3 Å². The van der Waals surface area contributed by atoms with E-state index >= 15 is 0 Å². The van der Waals surface area contributed by atoms with E-state index in [1.807, 2.05) is 6.07 Å². The minimum absolute atomic E-state index is 0.101. The molecule has 0 bridgehead atoms. The second kappa shape index (κ2) is 9.81. The summed E-state index contributed by atoms with van der Waals surface area (Å²) in [6, 6.07) is 2.73. The zero-order valence-corrected chi connectivity index (χ0v) is 18.9. The van der Waals surface area contributed by atoms with E-state index in [1.54, 1.807) is 0 Å². The van der Waals surface area contributed by atoms with E-state index < -0.39 is 68.2 Å². The Labute approximate surface area is 205 Å². The number of aromatic nitrogens is 4. The summed E-state index contributed by atoms with van der Waals surface area (Å²) in [7, 11) is 0. The van der Waals surface area contributed by atoms with Crippen LogP contribution in [0, 0.1) is 11.3 Å². The Morgan fingerprint density at radius 2 is 1.50 bits per heavy atom. The number of anilines is 1. The molecular formula is C19H11Cl2F9N6. The van der Waals surface area contributed by atoms with Crippen LogP contribution in [0.1, 0.15) is 36.3 Å². The van der Waals surface area contributed by atoms with Gasteiger partial charge in [-0.25, -0.2) is 14.6 Å². The molecule has 36 heavy (non-hydrogen) atoms. The molecule has 2 aromatic heterocycles. The number of alkyl halides is 9. The van der Waals surface area contributed by atoms with Crippen LogP contribution >= 0.6 is 23.2 Å². The summed E-state index contributed by atoms with van der Waals surface area (Å²) in [4.78, 5) is 5.73. The van der Waals surface area contributed by atoms with Gasteiger partial charge in [-0.15, -0.1) is 5.10 Å². The van der Waals surface area contributed by atoms with Gasteiger partial charge in [-0.3, -0.25) is 0 Å². The molecule has 0 aliphatic heterocycles. The van der Waals surface area contributed by atoms with Crippen molar-refractivity contribution in [3.63, 3.8) is 0 Å². The summed E-state index contributed by atoms with van der Waals surface area (Å²) in [6.45, 7) is -0.101. The minimum Gasteiger partial charge on any atom is -0.369 e. The number of nitrogens with one attached hydrogen (secondary N) is 1. The van der Waals surface area contributed by atoms with Gasteiger partial charge < -0.3 is 5.32 Å². The summed E-state index contributed by atoms with van der Waals surface area (Å²) in [6.07, 6.45) is -15.0. The average molecular weight is 565 g/mol. The van der Waals surface area contributed by atoms with Crippen molar-refractivity contribution in [2.24, 2.45) is 0 Å². The standard InChI is InChI=1S/C19H11Cl2F9N6/c20-9-6-8(17(22,23)24)7-10(21)12(9)36-15(32-5-3-1-2-4-31)11-13(18(25,26)27)33-16(19(28,29)30)34-14(11)35-36/h6-7,32H,1-3,5H2. The van der Waals surface area contributed by atoms with Crippen molar-refractivity contribution in [2.75, 3.05) is 11.9 Å². The molecule has 194 valence electrons. The predicted octanol–water partition coefficient (Wildman–Crippen LogP) is 7.28. The number of hydrogen-bond acceptors (Lipinski definition) is 5. The van der Waals surface area contributed by atoms with Gasteiger partial charge in [0, 0.05) is 13.0 Å². The van der Waals surface area contributed by atoms with Crippen molar-refractivity contribution in [1.29, 1.82) is 5.26 Å². The van der Waals surface area contributed by atoms with Crippen LogP contribution in [-0.4, -0.2) is 26.3 Å². The average Bonchev–Trinajstić information content (AvgIpc) is 3.08. The van der Waals surface area contributed by atoms with Gasteiger partial charge >= 0.3 is 18.5 Å². The first-order chi connectivity index (χ1) is 16.6. The molecule has 0 saturated heterocycles. The molecule has 0 amide bonds. The summed E-state index contributed by atoms with van der Waals surface area (Å²) < 4.78 is 121. The zero-order valence-electron chi connectivity index (χ0n) is 17.4. The smallest absolute Gasteiger partial charge is 0.369 e. The Balaban J connectivity index is 2.33. The zero-order chi connectivity index (χ0) is 27.1. The van der Waals surface area contributed by atoms with E-state index in [2.05, 4.69) is 20.4 Å². The molecule has 0 aliphatic carbocycles. The molecule has 0 radical (unpaired) electrons. The highest BCUT2D eigenvalue weighted by atomic mass is 35.5. The molecule has 1 N–H and O–H groups in total. The molecule has 1 aromatic carbocycles. The van der Waals surface area contributed by atoms with Gasteiger partial charge in [-0.2, -0.15) is 44.8 Å². The fourth-order valence-corrected chi connectivity index (χ4v) is 3.76. The van der Waals surface area contributed by atoms with E-state index in [0.29, 0.717) is 23.2 Å². The largest absolute Gasteiger partial charge is 0.451 e. The fourth-order valence-electron chi connectivity index (χ4n) is 3.11. The Kier molecular flexibility index (Phi) is 7.52. The first-order valence-electron chi connectivity index (χ1n) is 9.68. The Hall–Kier alpha value is -2.99. The minimum atomic E-state index is -5.40. The van der Waals surface area contributed by atoms with Gasteiger partial charge in [0.05, 0.1) is 27.1 Å². The highest BCUT2D eigenvalue weighted by Gasteiger charge is 2.43. The van der Waals surface area contributed by atoms with Gasteiger partial charge in [-0.1, -0.05) is 23.2 Å². The third-order valence-corrected chi connectivity index (χ3v) is 5.20. The van der Waals surface area contributed by atoms with Crippen molar-refractivity contribution >= 4 is 40.1 Å². The predicted molar refractivity (Wildman–Crippen MR) is 110 cm³/mol. The molecule has 2 heterocycles. The molecular weight excluding hydrogens is 554 g/mol. The number of benzene rings is 1. The molecule has 0 fully saturated rings. The quantitative estimate of drug-likeness (QED) is 0.251. The second-order valence-electron chi connectivity index (χ2n) is 7.18. The van der Waals surface area contributed by atoms with Gasteiger partial charge in [0.15, 0.2) is 11.3 Å². The Morgan fingerprint density at radius 1 is 0.889 bits per heavy atom. The van der Waals surface area contributed by atoms with Crippen LogP contribution in [0.4, 0.5) is 45.3 Å². The number of nitriles is 1. The number of nitrogens with zero attached hydrogens (tertiary/aromatic N) is 5. The lowest BCUT2D eigenvalue weighted by Gasteiger charge is -2.16. The second-order valence-corrected chi connectivity index (χ2v) is 7.99. The molecule has 17 heteroatoms. The van der Waals surface area contributed by atoms with E-state index in [-0.39, 0.29) is 19.4 Å². The molecule has 0 unspecified atom stereocenters. The van der Waals surface area contributed by atoms with Gasteiger partial charge in [0.25, 0.3) is 0 Å². The van der Waals surface area contributed by atoms with E-state index in [4.69, 9.17) is 28.5 Å². The van der Waals surface area contributed by atoms with Crippen LogP contribution in [0.15, 0.2) is 12.1 Å². The molecule has 6 nitrogen and oxygen atoms in total. The monoisotopic (exact) mass is 564 g/mol. The molecule has 3 rings (SSSR count). The topological polar surface area (TPSA) is 79.4 Å². The summed E-state index contributed by atoms with van der Waals surface area (Å²) in [5.41, 5.74) is -4.86. The maximum atomic E-state index is 13.8. The third kappa shape index (κ3) is 5.70. The van der Waals surface area contributed by atoms with Crippen LogP contribution in [0.5, 0.6) is 0 Å². The van der Waals surface area contributed by atoms with Crippen LogP contribution in [0.25, 0.3) is 16.7 Å². The van der Waals surface area contributed by atoms with Crippen molar-refractivity contribution in [1.82, 2.24) is 19.7 Å². The lowest BCUT2D eigenvalue weighted by molar-refractivity contribution is -0.151. The Bertz CT molecular complexity index is 1300. The number of unbranched alkanes of at least 4 members (excludes halogenated alkanes) is 2. The summed E-state index contributed by atoms with van der Waals surface area (Å²) in [5.74, 6) is -2.73. The first-order valence-corrected chi connectivity index (χ1v) is 10.4. The molecule has 0 spiro atoms. The van der Waals surface area contributed by atoms with Crippen molar-refractivity contribution in [3.8, 4) is 11.8 Å². The summed E-state index contributed by atoms with van der Waals surface area (Å²) >= 11 is 11.9. The third-order valence-electron chi connectivity index (χ3n) is 4.62. The van der Waals surface area contributed by atoms with Gasteiger partial charge in [0.2, 0.25) is 5.82 Å². The molecule has 0 atom stereocenters. The SMILES string of the molecule is N#CCCCCNc1c2c(C(F)(F)F)nc(C(F)(F)F)nc2nn1-c1c(Cl)cc(C(F)(F)F)cc1Cl. The molecule has 0 saturated carbocycles. The van der Waals surface area contributed by atoms with Gasteiger partial charge in [-0.05, 0) is 25.0 Å². The van der Waals surface area contributed by atoms with Crippen LogP contribution < -0.4 is 5.32 Å². The highest BCUT2D eigenvalue weighted by molar-refractivity contribution is 6.38. The van der Waals surface area contributed by atoms with E-state index in [1.165, 1.54) is 0 Å². The van der Waals surface area contributed by atoms with Gasteiger partial charge in [0.1, 0.15) is 11.5 Å². The van der Waals surface area contributed by atoms with E-state index in [0.717, 1.165) is 0 Å². The highest BCUT2D eigenvalue weighted by Crippen LogP contribution is 2.43.